The van der Waals surface area contributed by atoms with Crippen molar-refractivity contribution in [3.05, 3.63) is 0 Å². The van der Waals surface area contributed by atoms with Crippen molar-refractivity contribution in [1.82, 2.24) is 4.90 Å². The van der Waals surface area contributed by atoms with Crippen molar-refractivity contribution in [2.75, 3.05) is 31.2 Å². The average molecular weight is 257 g/mol. The summed E-state index contributed by atoms with van der Waals surface area (Å²) in [5.41, 5.74) is 0.108. The number of ether oxygens (including phenoxy) is 1. The second kappa shape index (κ2) is 6.10. The van der Waals surface area contributed by atoms with Crippen LogP contribution in [0.5, 0.6) is 0 Å². The van der Waals surface area contributed by atoms with Gasteiger partial charge in [0.05, 0.1) is 13.0 Å². The average Bonchev–Trinajstić information content (AvgIpc) is 2.80. The van der Waals surface area contributed by atoms with Crippen molar-refractivity contribution in [2.45, 2.75) is 44.6 Å². The minimum absolute atomic E-state index is 0.0134. The molecule has 0 spiro atoms. The molecule has 0 aromatic carbocycles. The van der Waals surface area contributed by atoms with Crippen LogP contribution in [-0.2, 0) is 9.53 Å². The zero-order valence-corrected chi connectivity index (χ0v) is 11.6. The lowest BCUT2D eigenvalue weighted by Gasteiger charge is -2.42. The van der Waals surface area contributed by atoms with Gasteiger partial charge in [-0.1, -0.05) is 6.42 Å². The second-order valence-corrected chi connectivity index (χ2v) is 6.16. The lowest BCUT2D eigenvalue weighted by molar-refractivity contribution is -0.146. The zero-order chi connectivity index (χ0) is 12.1. The fraction of sp³-hybridized carbons (Fsp3) is 0.923. The quantitative estimate of drug-likeness (QED) is 0.723. The molecule has 2 heterocycles. The van der Waals surface area contributed by atoms with E-state index in [9.17, 15) is 4.79 Å². The van der Waals surface area contributed by atoms with Crippen molar-refractivity contribution < 1.29 is 9.53 Å². The molecular weight excluding hydrogens is 234 g/mol. The summed E-state index contributed by atoms with van der Waals surface area (Å²) in [6.07, 6.45) is 5.66. The number of esters is 1. The zero-order valence-electron chi connectivity index (χ0n) is 10.7. The molecule has 2 aliphatic heterocycles. The predicted molar refractivity (Wildman–Crippen MR) is 71.3 cm³/mol. The molecule has 2 aliphatic rings. The maximum absolute atomic E-state index is 11.8. The summed E-state index contributed by atoms with van der Waals surface area (Å²) in [6.45, 7) is 4.72. The fourth-order valence-electron chi connectivity index (χ4n) is 2.95. The third kappa shape index (κ3) is 3.16. The maximum atomic E-state index is 11.8. The van der Waals surface area contributed by atoms with E-state index >= 15 is 0 Å². The first-order valence-electron chi connectivity index (χ1n) is 6.75. The second-order valence-electron chi connectivity index (χ2n) is 5.06. The minimum Gasteiger partial charge on any atom is -0.466 e. The molecule has 3 nitrogen and oxygen atoms in total. The third-order valence-electron chi connectivity index (χ3n) is 3.89. The number of rotatable bonds is 4. The van der Waals surface area contributed by atoms with Crippen LogP contribution in [0.2, 0.25) is 0 Å². The van der Waals surface area contributed by atoms with Crippen LogP contribution in [0.4, 0.5) is 0 Å². The highest BCUT2D eigenvalue weighted by atomic mass is 32.2. The summed E-state index contributed by atoms with van der Waals surface area (Å²) in [7, 11) is 0. The lowest BCUT2D eigenvalue weighted by atomic mass is 9.90. The fourth-order valence-corrected chi connectivity index (χ4v) is 4.42. The van der Waals surface area contributed by atoms with Gasteiger partial charge in [0.25, 0.3) is 0 Å². The Morgan fingerprint density at radius 3 is 2.71 bits per heavy atom. The molecule has 98 valence electrons. The summed E-state index contributed by atoms with van der Waals surface area (Å²) in [6, 6.07) is 0. The van der Waals surface area contributed by atoms with Crippen LogP contribution in [0.25, 0.3) is 0 Å². The Labute approximate surface area is 108 Å². The van der Waals surface area contributed by atoms with Gasteiger partial charge >= 0.3 is 5.97 Å². The number of hydrogen-bond acceptors (Lipinski definition) is 4. The van der Waals surface area contributed by atoms with E-state index in [0.29, 0.717) is 13.0 Å². The molecule has 0 radical (unpaired) electrons. The molecule has 0 N–H and O–H groups in total. The van der Waals surface area contributed by atoms with Gasteiger partial charge in [-0.05, 0) is 45.0 Å². The van der Waals surface area contributed by atoms with Gasteiger partial charge in [-0.2, -0.15) is 11.8 Å². The molecule has 2 fully saturated rings. The summed E-state index contributed by atoms with van der Waals surface area (Å²) < 4.78 is 5.14. The molecule has 2 rings (SSSR count). The van der Waals surface area contributed by atoms with E-state index in [-0.39, 0.29) is 11.5 Å². The summed E-state index contributed by atoms with van der Waals surface area (Å²) in [5, 5.41) is 0. The normalized spacial score (nSPS) is 30.4. The largest absolute Gasteiger partial charge is 0.466 e. The topological polar surface area (TPSA) is 29.5 Å². The highest BCUT2D eigenvalue weighted by Crippen LogP contribution is 2.38. The first-order chi connectivity index (χ1) is 8.27. The minimum atomic E-state index is -0.0134. The van der Waals surface area contributed by atoms with Crippen molar-refractivity contribution in [2.24, 2.45) is 0 Å². The first kappa shape index (κ1) is 13.2. The molecule has 2 saturated heterocycles. The van der Waals surface area contributed by atoms with Crippen molar-refractivity contribution in [3.63, 3.8) is 0 Å². The van der Waals surface area contributed by atoms with E-state index in [1.165, 1.54) is 38.1 Å². The molecule has 1 atom stereocenters. The van der Waals surface area contributed by atoms with Crippen molar-refractivity contribution in [3.8, 4) is 0 Å². The van der Waals surface area contributed by atoms with E-state index in [1.807, 2.05) is 18.7 Å². The number of nitrogens with zero attached hydrogens (tertiary/aromatic N) is 1. The smallest absolute Gasteiger partial charge is 0.307 e. The molecule has 0 amide bonds. The van der Waals surface area contributed by atoms with Gasteiger partial charge in [0, 0.05) is 11.3 Å². The van der Waals surface area contributed by atoms with Crippen molar-refractivity contribution >= 4 is 17.7 Å². The Kier molecular flexibility index (Phi) is 4.74. The molecule has 0 bridgehead atoms. The molecule has 0 aliphatic carbocycles. The van der Waals surface area contributed by atoms with Crippen LogP contribution in [0.15, 0.2) is 0 Å². The van der Waals surface area contributed by atoms with Crippen LogP contribution in [0.3, 0.4) is 0 Å². The lowest BCUT2D eigenvalue weighted by Crippen LogP contribution is -2.52. The summed E-state index contributed by atoms with van der Waals surface area (Å²) >= 11 is 1.99. The van der Waals surface area contributed by atoms with Crippen LogP contribution in [0.1, 0.15) is 39.0 Å². The third-order valence-corrected chi connectivity index (χ3v) is 5.12. The summed E-state index contributed by atoms with van der Waals surface area (Å²) in [4.78, 5) is 14.4. The van der Waals surface area contributed by atoms with Crippen LogP contribution in [-0.4, -0.2) is 47.6 Å². The van der Waals surface area contributed by atoms with Gasteiger partial charge in [0.15, 0.2) is 0 Å². The Balaban J connectivity index is 2.00. The SMILES string of the molecule is CCOC(=O)CC1(N2CCCCC2)CCSC1. The molecule has 0 aromatic rings. The van der Waals surface area contributed by atoms with Gasteiger partial charge in [-0.3, -0.25) is 9.69 Å². The van der Waals surface area contributed by atoms with E-state index in [1.54, 1.807) is 0 Å². The Morgan fingerprint density at radius 1 is 1.35 bits per heavy atom. The number of carbonyl (C=O) groups excluding carboxylic acids is 1. The van der Waals surface area contributed by atoms with E-state index in [2.05, 4.69) is 4.90 Å². The monoisotopic (exact) mass is 257 g/mol. The van der Waals surface area contributed by atoms with Crippen LogP contribution >= 0.6 is 11.8 Å². The summed E-state index contributed by atoms with van der Waals surface area (Å²) in [5.74, 6) is 2.28. The Morgan fingerprint density at radius 2 is 2.12 bits per heavy atom. The Hall–Kier alpha value is -0.220. The van der Waals surface area contributed by atoms with Crippen LogP contribution < -0.4 is 0 Å². The molecule has 0 saturated carbocycles. The number of hydrogen-bond donors (Lipinski definition) is 0. The highest BCUT2D eigenvalue weighted by molar-refractivity contribution is 7.99. The van der Waals surface area contributed by atoms with Gasteiger partial charge in [0.2, 0.25) is 0 Å². The maximum Gasteiger partial charge on any atom is 0.307 e. The molecule has 0 aromatic heterocycles. The highest BCUT2D eigenvalue weighted by Gasteiger charge is 2.42. The predicted octanol–water partition coefficient (Wildman–Crippen LogP) is 2.30. The molecule has 1 unspecified atom stereocenters. The van der Waals surface area contributed by atoms with E-state index < -0.39 is 0 Å². The molecule has 4 heteroatoms. The Bertz CT molecular complexity index is 258. The van der Waals surface area contributed by atoms with Gasteiger partial charge in [-0.25, -0.2) is 0 Å². The molecular formula is C13H23NO2S. The standard InChI is InChI=1S/C13H23NO2S/c1-2-16-12(15)10-13(6-9-17-11-13)14-7-4-3-5-8-14/h2-11H2,1H3. The first-order valence-corrected chi connectivity index (χ1v) is 7.91. The van der Waals surface area contributed by atoms with E-state index in [0.717, 1.165) is 12.2 Å². The van der Waals surface area contributed by atoms with Gasteiger partial charge in [0.1, 0.15) is 0 Å². The van der Waals surface area contributed by atoms with Crippen LogP contribution in [0, 0.1) is 0 Å². The number of piperidine rings is 1. The number of carbonyl (C=O) groups is 1. The van der Waals surface area contributed by atoms with Crippen molar-refractivity contribution in [1.29, 1.82) is 0 Å². The number of likely N-dealkylation sites (tertiary alicyclic amines) is 1. The number of thioether (sulfide) groups is 1. The van der Waals surface area contributed by atoms with Gasteiger partial charge < -0.3 is 4.74 Å². The van der Waals surface area contributed by atoms with Gasteiger partial charge in [-0.15, -0.1) is 0 Å². The van der Waals surface area contributed by atoms with E-state index in [4.69, 9.17) is 4.74 Å². The molecule has 17 heavy (non-hydrogen) atoms.